The fourth-order valence-corrected chi connectivity index (χ4v) is 1.83. The Bertz CT molecular complexity index is 552. The summed E-state index contributed by atoms with van der Waals surface area (Å²) >= 11 is 9.99. The van der Waals surface area contributed by atoms with Crippen molar-refractivity contribution in [2.45, 2.75) is 11.5 Å². The number of halogens is 1. The van der Waals surface area contributed by atoms with Crippen LogP contribution in [0.25, 0.3) is 0 Å². The molecule has 0 aliphatic heterocycles. The van der Waals surface area contributed by atoms with Crippen LogP contribution in [-0.2, 0) is 11.3 Å². The van der Waals surface area contributed by atoms with Crippen LogP contribution in [0.15, 0.2) is 53.4 Å². The molecule has 0 spiro atoms. The van der Waals surface area contributed by atoms with Crippen LogP contribution >= 0.6 is 24.2 Å². The number of carbonyl (C=O) groups excluding carboxylic acids is 1. The molecule has 2 aromatic carbocycles. The quantitative estimate of drug-likeness (QED) is 0.679. The topological polar surface area (TPSA) is 26.3 Å². The molecule has 2 rings (SSSR count). The highest BCUT2D eigenvalue weighted by Gasteiger charge is 2.10. The molecule has 0 aromatic heterocycles. The third-order valence-corrected chi connectivity index (χ3v) is 3.05. The molecule has 0 atom stereocenters. The second-order valence-electron chi connectivity index (χ2n) is 3.72. The van der Waals surface area contributed by atoms with Gasteiger partial charge in [0.25, 0.3) is 0 Å². The van der Waals surface area contributed by atoms with Gasteiger partial charge < -0.3 is 4.74 Å². The maximum atomic E-state index is 11.8. The summed E-state index contributed by atoms with van der Waals surface area (Å²) in [7, 11) is 0. The predicted molar refractivity (Wildman–Crippen MR) is 74.3 cm³/mol. The Morgan fingerprint density at radius 3 is 2.44 bits per heavy atom. The standard InChI is InChI=1S/C14H11ClO2S/c15-11-7-5-10(6-8-11)9-17-14(16)12-3-1-2-4-13(12)18/h1-8,18H,9H2. The molecule has 2 nitrogen and oxygen atoms in total. The average molecular weight is 279 g/mol. The van der Waals surface area contributed by atoms with Gasteiger partial charge in [-0.15, -0.1) is 12.6 Å². The second kappa shape index (κ2) is 5.94. The number of hydrogen-bond donors (Lipinski definition) is 1. The number of hydrogen-bond acceptors (Lipinski definition) is 3. The summed E-state index contributed by atoms with van der Waals surface area (Å²) < 4.78 is 5.20. The van der Waals surface area contributed by atoms with E-state index in [2.05, 4.69) is 12.6 Å². The van der Waals surface area contributed by atoms with Crippen LogP contribution in [0.3, 0.4) is 0 Å². The van der Waals surface area contributed by atoms with E-state index in [1.54, 1.807) is 30.3 Å². The van der Waals surface area contributed by atoms with Gasteiger partial charge in [0.05, 0.1) is 5.56 Å². The number of benzene rings is 2. The van der Waals surface area contributed by atoms with Crippen molar-refractivity contribution in [3.8, 4) is 0 Å². The van der Waals surface area contributed by atoms with Gasteiger partial charge in [-0.3, -0.25) is 0 Å². The molecule has 0 saturated carbocycles. The fourth-order valence-electron chi connectivity index (χ4n) is 1.45. The Balaban J connectivity index is 2.01. The Kier molecular flexibility index (Phi) is 4.28. The molecule has 0 unspecified atom stereocenters. The molecule has 4 heteroatoms. The van der Waals surface area contributed by atoms with Gasteiger partial charge in [0.1, 0.15) is 6.61 Å². The average Bonchev–Trinajstić information content (AvgIpc) is 2.38. The van der Waals surface area contributed by atoms with E-state index in [1.165, 1.54) is 0 Å². The highest BCUT2D eigenvalue weighted by Crippen LogP contribution is 2.15. The SMILES string of the molecule is O=C(OCc1ccc(Cl)cc1)c1ccccc1S. The molecule has 0 amide bonds. The number of esters is 1. The molecule has 0 heterocycles. The zero-order valence-corrected chi connectivity index (χ0v) is 11.1. The maximum absolute atomic E-state index is 11.8. The van der Waals surface area contributed by atoms with Gasteiger partial charge in [-0.05, 0) is 29.8 Å². The number of thiol groups is 1. The van der Waals surface area contributed by atoms with Gasteiger partial charge in [0.15, 0.2) is 0 Å². The van der Waals surface area contributed by atoms with E-state index in [0.717, 1.165) is 5.56 Å². The van der Waals surface area contributed by atoms with E-state index < -0.39 is 0 Å². The van der Waals surface area contributed by atoms with Crippen LogP contribution in [0, 0.1) is 0 Å². The van der Waals surface area contributed by atoms with Crippen molar-refractivity contribution in [1.29, 1.82) is 0 Å². The number of rotatable bonds is 3. The van der Waals surface area contributed by atoms with Crippen molar-refractivity contribution in [3.63, 3.8) is 0 Å². The van der Waals surface area contributed by atoms with Crippen LogP contribution in [0.1, 0.15) is 15.9 Å². The summed E-state index contributed by atoms with van der Waals surface area (Å²) in [4.78, 5) is 12.4. The fraction of sp³-hybridized carbons (Fsp3) is 0.0714. The first-order chi connectivity index (χ1) is 8.66. The first kappa shape index (κ1) is 13.0. The van der Waals surface area contributed by atoms with Gasteiger partial charge in [-0.25, -0.2) is 4.79 Å². The summed E-state index contributed by atoms with van der Waals surface area (Å²) in [5.74, 6) is -0.379. The van der Waals surface area contributed by atoms with Crippen molar-refractivity contribution in [1.82, 2.24) is 0 Å². The zero-order chi connectivity index (χ0) is 13.0. The van der Waals surface area contributed by atoms with Crippen LogP contribution in [0.4, 0.5) is 0 Å². The summed E-state index contributed by atoms with van der Waals surface area (Å²) in [6.45, 7) is 0.220. The molecule has 2 aromatic rings. The van der Waals surface area contributed by atoms with E-state index in [-0.39, 0.29) is 12.6 Å². The largest absolute Gasteiger partial charge is 0.457 e. The van der Waals surface area contributed by atoms with Gasteiger partial charge in [0, 0.05) is 9.92 Å². The van der Waals surface area contributed by atoms with Crippen LogP contribution in [0.2, 0.25) is 5.02 Å². The van der Waals surface area contributed by atoms with Gasteiger partial charge in [-0.1, -0.05) is 35.9 Å². The second-order valence-corrected chi connectivity index (χ2v) is 4.64. The summed E-state index contributed by atoms with van der Waals surface area (Å²) in [6, 6.07) is 14.2. The smallest absolute Gasteiger partial charge is 0.339 e. The lowest BCUT2D eigenvalue weighted by atomic mass is 10.2. The van der Waals surface area contributed by atoms with Crippen LogP contribution in [0.5, 0.6) is 0 Å². The summed E-state index contributed by atoms with van der Waals surface area (Å²) in [6.07, 6.45) is 0. The normalized spacial score (nSPS) is 10.1. The molecule has 0 N–H and O–H groups in total. The molecular formula is C14H11ClO2S. The lowest BCUT2D eigenvalue weighted by Crippen LogP contribution is -2.06. The third-order valence-electron chi connectivity index (χ3n) is 2.41. The van der Waals surface area contributed by atoms with Gasteiger partial charge in [-0.2, -0.15) is 0 Å². The molecule has 0 radical (unpaired) electrons. The molecule has 18 heavy (non-hydrogen) atoms. The minimum Gasteiger partial charge on any atom is -0.457 e. The Morgan fingerprint density at radius 2 is 1.78 bits per heavy atom. The van der Waals surface area contributed by atoms with Crippen molar-refractivity contribution in [2.24, 2.45) is 0 Å². The minimum atomic E-state index is -0.379. The van der Waals surface area contributed by atoms with Crippen molar-refractivity contribution >= 4 is 30.2 Å². The monoisotopic (exact) mass is 278 g/mol. The van der Waals surface area contributed by atoms with E-state index in [1.807, 2.05) is 18.2 Å². The molecule has 0 aliphatic rings. The first-order valence-electron chi connectivity index (χ1n) is 5.36. The van der Waals surface area contributed by atoms with Crippen molar-refractivity contribution < 1.29 is 9.53 Å². The van der Waals surface area contributed by atoms with E-state index >= 15 is 0 Å². The molecular weight excluding hydrogens is 268 g/mol. The Hall–Kier alpha value is -1.45. The lowest BCUT2D eigenvalue weighted by Gasteiger charge is -2.06. The molecule has 0 fully saturated rings. The van der Waals surface area contributed by atoms with Crippen LogP contribution in [-0.4, -0.2) is 5.97 Å². The maximum Gasteiger partial charge on any atom is 0.339 e. The first-order valence-corrected chi connectivity index (χ1v) is 6.19. The minimum absolute atomic E-state index is 0.220. The van der Waals surface area contributed by atoms with Crippen LogP contribution < -0.4 is 0 Å². The van der Waals surface area contributed by atoms with E-state index in [9.17, 15) is 4.79 Å². The predicted octanol–water partition coefficient (Wildman–Crippen LogP) is 3.99. The van der Waals surface area contributed by atoms with Gasteiger partial charge in [0.2, 0.25) is 0 Å². The zero-order valence-electron chi connectivity index (χ0n) is 9.47. The highest BCUT2D eigenvalue weighted by molar-refractivity contribution is 7.80. The molecule has 0 aliphatic carbocycles. The summed E-state index contributed by atoms with van der Waals surface area (Å²) in [5.41, 5.74) is 1.36. The third kappa shape index (κ3) is 3.28. The highest BCUT2D eigenvalue weighted by atomic mass is 35.5. The molecule has 92 valence electrons. The number of carbonyl (C=O) groups is 1. The van der Waals surface area contributed by atoms with E-state index in [4.69, 9.17) is 16.3 Å². The molecule has 0 bridgehead atoms. The summed E-state index contributed by atoms with van der Waals surface area (Å²) in [5, 5.41) is 0.658. The number of ether oxygens (including phenoxy) is 1. The van der Waals surface area contributed by atoms with Crippen molar-refractivity contribution in [2.75, 3.05) is 0 Å². The van der Waals surface area contributed by atoms with E-state index in [0.29, 0.717) is 15.5 Å². The van der Waals surface area contributed by atoms with Gasteiger partial charge >= 0.3 is 5.97 Å². The Labute approximate surface area is 116 Å². The lowest BCUT2D eigenvalue weighted by molar-refractivity contribution is 0.0468. The Morgan fingerprint density at radius 1 is 1.11 bits per heavy atom. The van der Waals surface area contributed by atoms with Crippen molar-refractivity contribution in [3.05, 3.63) is 64.7 Å². The molecule has 0 saturated heterocycles.